The molecule has 0 N–H and O–H groups in total. The molecule has 0 saturated heterocycles. The molecule has 0 amide bonds. The van der Waals surface area contributed by atoms with Crippen molar-refractivity contribution < 1.29 is 49.8 Å². The summed E-state index contributed by atoms with van der Waals surface area (Å²) in [5.41, 5.74) is 0. The van der Waals surface area contributed by atoms with Gasteiger partial charge < -0.3 is 1.43 Å². The first-order valence-electron chi connectivity index (χ1n) is 0. The average Bonchev–Trinajstić information content (AvgIpc) is 0. The molecule has 0 aromatic rings. The molecule has 0 aliphatic rings. The maximum Gasteiger partial charge on any atom is 1.00 e. The number of halogens is 4. The zero-order valence-corrected chi connectivity index (χ0v) is 4.63. The van der Waals surface area contributed by atoms with E-state index in [1.807, 2.05) is 0 Å². The van der Waals surface area contributed by atoms with Gasteiger partial charge in [0.2, 0.25) is 0 Å². The molecule has 0 unspecified atom stereocenters. The molecule has 0 saturated carbocycles. The van der Waals surface area contributed by atoms with Crippen molar-refractivity contribution in [2.75, 3.05) is 0 Å². The summed E-state index contributed by atoms with van der Waals surface area (Å²) in [5, 5.41) is 0. The van der Waals surface area contributed by atoms with Crippen LogP contribution in [0.3, 0.4) is 0 Å². The number of hydrogen-bond acceptors (Lipinski definition) is 0. The van der Waals surface area contributed by atoms with Crippen LogP contribution in [-0.4, -0.2) is 34.7 Å². The molecule has 0 fully saturated rings. The second-order valence-corrected chi connectivity index (χ2v) is 0. The van der Waals surface area contributed by atoms with Crippen molar-refractivity contribution >= 4 is 34.7 Å². The molecule has 0 aliphatic carbocycles. The fraction of sp³-hybridized carbons (Fsp3) is 0. The summed E-state index contributed by atoms with van der Waals surface area (Å²) in [6, 6.07) is 0. The van der Waals surface area contributed by atoms with Crippen LogP contribution in [-0.2, 0) is 0 Å². The molecule has 0 atom stereocenters. The van der Waals surface area contributed by atoms with E-state index in [-0.39, 0.29) is 84.5 Å². The van der Waals surface area contributed by atoms with Crippen molar-refractivity contribution in [2.45, 2.75) is 0 Å². The van der Waals surface area contributed by atoms with Crippen LogP contribution in [0.25, 0.3) is 0 Å². The van der Waals surface area contributed by atoms with Gasteiger partial charge in [0.1, 0.15) is 0 Å². The molecular formula is H11Al2F4Na. The van der Waals surface area contributed by atoms with Gasteiger partial charge in [0.25, 0.3) is 0 Å². The summed E-state index contributed by atoms with van der Waals surface area (Å²) in [5.74, 6) is 0. The van der Waals surface area contributed by atoms with Gasteiger partial charge in [-0.3, -0.25) is 18.8 Å². The smallest absolute Gasteiger partial charge is 1.00 e. The van der Waals surface area contributed by atoms with Crippen molar-refractivity contribution in [3.8, 4) is 0 Å². The van der Waals surface area contributed by atoms with Crippen LogP contribution in [0.2, 0.25) is 0 Å². The molecule has 0 spiro atoms. The minimum atomic E-state index is 0. The van der Waals surface area contributed by atoms with Gasteiger partial charge in [0, 0.05) is 0 Å². The largest absolute Gasteiger partial charge is 1.00 e. The van der Waals surface area contributed by atoms with Crippen molar-refractivity contribution in [3.05, 3.63) is 0 Å². The molecule has 0 aromatic carbocycles. The Morgan fingerprint density at radius 1 is 0.571 bits per heavy atom. The van der Waals surface area contributed by atoms with E-state index in [2.05, 4.69) is 0 Å². The van der Waals surface area contributed by atoms with Gasteiger partial charge in [-0.15, -0.1) is 0 Å². The van der Waals surface area contributed by atoms with Crippen LogP contribution in [0.15, 0.2) is 0 Å². The molecule has 46 valence electrons. The van der Waals surface area contributed by atoms with E-state index in [9.17, 15) is 0 Å². The van der Waals surface area contributed by atoms with Gasteiger partial charge in [-0.25, -0.2) is 0 Å². The summed E-state index contributed by atoms with van der Waals surface area (Å²) in [6.45, 7) is 0. The van der Waals surface area contributed by atoms with E-state index in [4.69, 9.17) is 0 Å². The third-order valence-electron chi connectivity index (χ3n) is 0. The molecule has 0 aliphatic heterocycles. The fourth-order valence-electron chi connectivity index (χ4n) is 0. The second-order valence-electron chi connectivity index (χ2n) is 0. The molecule has 0 nitrogen and oxygen atoms in total. The molecule has 0 rings (SSSR count). The molecular weight excluding hydrogens is 153 g/mol. The Balaban J connectivity index is 0. The van der Waals surface area contributed by atoms with Gasteiger partial charge in [0.05, 0.1) is 0 Å². The maximum absolute atomic E-state index is 0. The molecule has 0 heterocycles. The minimum absolute atomic E-state index is 0. The maximum atomic E-state index is 0. The molecule has 0 bridgehead atoms. The number of rotatable bonds is 0. The van der Waals surface area contributed by atoms with Gasteiger partial charge in [-0.1, -0.05) is 0 Å². The fourth-order valence-corrected chi connectivity index (χ4v) is 0. The first kappa shape index (κ1) is 167. The third-order valence-corrected chi connectivity index (χ3v) is 0. The Bertz CT molecular complexity index is 14.0. The van der Waals surface area contributed by atoms with E-state index in [0.29, 0.717) is 0 Å². The first-order valence-corrected chi connectivity index (χ1v) is 0. The van der Waals surface area contributed by atoms with Gasteiger partial charge in [-0.2, -0.15) is 0 Å². The zero-order chi connectivity index (χ0) is 0. The van der Waals surface area contributed by atoms with Crippen LogP contribution in [0.5, 0.6) is 0 Å². The van der Waals surface area contributed by atoms with E-state index < -0.39 is 0 Å². The Labute approximate surface area is 83.9 Å². The topological polar surface area (TPSA) is 0 Å². The Morgan fingerprint density at radius 2 is 0.571 bits per heavy atom. The normalized spacial score (nSPS) is 0. The Kier molecular flexibility index (Phi) is 2690. The van der Waals surface area contributed by atoms with Gasteiger partial charge >= 0.3 is 29.6 Å². The minimum Gasteiger partial charge on any atom is -1.00 e. The standard InChI is InChI=1S/2Al.4FH.Na.7H/h;;4*1H;;;;;;;;/q;;;;;;+1;;;;;;;-1. The molecule has 7 heavy (non-hydrogen) atoms. The third kappa shape index (κ3) is 81.8. The summed E-state index contributed by atoms with van der Waals surface area (Å²) in [7, 11) is 0. The van der Waals surface area contributed by atoms with E-state index >= 15 is 0 Å². The average molecular weight is 164 g/mol. The summed E-state index contributed by atoms with van der Waals surface area (Å²) >= 11 is 0. The quantitative estimate of drug-likeness (QED) is 0.249. The van der Waals surface area contributed by atoms with Crippen molar-refractivity contribution in [1.82, 2.24) is 0 Å². The molecule has 0 aromatic heterocycles. The van der Waals surface area contributed by atoms with Crippen LogP contribution >= 0.6 is 0 Å². The first-order chi connectivity index (χ1) is 0. The zero-order valence-electron chi connectivity index (χ0n) is 3.63. The summed E-state index contributed by atoms with van der Waals surface area (Å²) in [4.78, 5) is 0. The predicted molar refractivity (Wildman–Crippen MR) is 31.0 cm³/mol. The van der Waals surface area contributed by atoms with Gasteiger partial charge in [0.15, 0.2) is 34.7 Å². The Hall–Kier alpha value is 1.78. The van der Waals surface area contributed by atoms with Crippen LogP contribution < -0.4 is 29.6 Å². The monoisotopic (exact) mass is 164 g/mol. The Morgan fingerprint density at radius 3 is 0.571 bits per heavy atom. The summed E-state index contributed by atoms with van der Waals surface area (Å²) in [6.07, 6.45) is 0. The van der Waals surface area contributed by atoms with Crippen molar-refractivity contribution in [3.63, 3.8) is 0 Å². The van der Waals surface area contributed by atoms with Crippen LogP contribution in [0, 0.1) is 0 Å². The van der Waals surface area contributed by atoms with E-state index in [0.717, 1.165) is 0 Å². The van der Waals surface area contributed by atoms with Crippen molar-refractivity contribution in [2.24, 2.45) is 0 Å². The van der Waals surface area contributed by atoms with Crippen molar-refractivity contribution in [1.29, 1.82) is 0 Å². The van der Waals surface area contributed by atoms with Gasteiger partial charge in [-0.05, 0) is 0 Å². The predicted octanol–water partition coefficient (Wildman–Crippen LogP) is -4.64. The molecule has 7 heteroatoms. The van der Waals surface area contributed by atoms with Crippen LogP contribution in [0.1, 0.15) is 1.43 Å². The second kappa shape index (κ2) is 112. The SMILES string of the molecule is F.F.F.F.[AlH3].[AlH3].[H-].[Na+]. The van der Waals surface area contributed by atoms with E-state index in [1.165, 1.54) is 0 Å². The van der Waals surface area contributed by atoms with E-state index in [1.54, 1.807) is 0 Å². The molecule has 0 radical (unpaired) electrons. The van der Waals surface area contributed by atoms with Crippen LogP contribution in [0.4, 0.5) is 18.8 Å². The summed E-state index contributed by atoms with van der Waals surface area (Å²) < 4.78 is 0. The number of hydrogen-bond donors (Lipinski definition) is 0.